The Morgan fingerprint density at radius 2 is 2.00 bits per heavy atom. The van der Waals surface area contributed by atoms with Crippen LogP contribution in [-0.2, 0) is 12.8 Å². The number of nitrogens with zero attached hydrogens (tertiary/aromatic N) is 4. The fourth-order valence-corrected chi connectivity index (χ4v) is 7.37. The van der Waals surface area contributed by atoms with Crippen molar-refractivity contribution in [2.24, 2.45) is 0 Å². The Labute approximate surface area is 208 Å². The van der Waals surface area contributed by atoms with Crippen LogP contribution in [0.15, 0.2) is 23.1 Å². The molecule has 184 valence electrons. The van der Waals surface area contributed by atoms with E-state index >= 15 is 0 Å². The zero-order chi connectivity index (χ0) is 23.9. The number of amides is 1. The second-order valence-corrected chi connectivity index (χ2v) is 11.1. The Kier molecular flexibility index (Phi) is 6.06. The number of anilines is 1. The van der Waals surface area contributed by atoms with E-state index in [2.05, 4.69) is 25.1 Å². The van der Waals surface area contributed by atoms with Crippen LogP contribution in [0.3, 0.4) is 0 Å². The zero-order valence-electron chi connectivity index (χ0n) is 20.2. The molecule has 1 aliphatic carbocycles. The third kappa shape index (κ3) is 4.25. The van der Waals surface area contributed by atoms with Gasteiger partial charge in [0.15, 0.2) is 0 Å². The summed E-state index contributed by atoms with van der Waals surface area (Å²) in [6.07, 6.45) is 9.50. The molecular weight excluding hydrogens is 460 g/mol. The Bertz CT molecular complexity index is 1290. The summed E-state index contributed by atoms with van der Waals surface area (Å²) < 4.78 is 0. The highest BCUT2D eigenvalue weighted by Gasteiger charge is 2.31. The van der Waals surface area contributed by atoms with Crippen molar-refractivity contribution in [3.05, 3.63) is 50.6 Å². The number of aromatic nitrogens is 3. The molecule has 0 saturated carbocycles. The topological polar surface area (TPSA) is 94.2 Å². The van der Waals surface area contributed by atoms with Crippen LogP contribution in [0.4, 0.5) is 5.69 Å². The number of rotatable bonds is 4. The van der Waals surface area contributed by atoms with Gasteiger partial charge < -0.3 is 15.2 Å². The fraction of sp³-hybridized carbons (Fsp3) is 0.538. The molecule has 0 spiro atoms. The largest absolute Gasteiger partial charge is 0.370 e. The van der Waals surface area contributed by atoms with Gasteiger partial charge in [-0.15, -0.1) is 11.3 Å². The summed E-state index contributed by atoms with van der Waals surface area (Å²) in [5.74, 6) is 1.01. The molecule has 1 atom stereocenters. The molecule has 6 rings (SSSR count). The number of hydrogen-bond donors (Lipinski definition) is 2. The molecule has 5 heterocycles. The molecule has 0 bridgehead atoms. The van der Waals surface area contributed by atoms with Gasteiger partial charge in [0.1, 0.15) is 16.3 Å². The van der Waals surface area contributed by atoms with Crippen molar-refractivity contribution in [1.82, 2.24) is 25.2 Å². The van der Waals surface area contributed by atoms with Gasteiger partial charge in [-0.2, -0.15) is 0 Å². The lowest BCUT2D eigenvalue weighted by Gasteiger charge is -2.42. The molecule has 2 fully saturated rings. The summed E-state index contributed by atoms with van der Waals surface area (Å²) in [5, 5.41) is 3.47. The molecule has 1 unspecified atom stereocenters. The number of thiophene rings is 1. The van der Waals surface area contributed by atoms with Crippen molar-refractivity contribution >= 4 is 33.1 Å². The Balaban J connectivity index is 1.11. The van der Waals surface area contributed by atoms with Crippen LogP contribution in [0.1, 0.15) is 64.8 Å². The predicted octanol–water partition coefficient (Wildman–Crippen LogP) is 3.08. The van der Waals surface area contributed by atoms with E-state index in [4.69, 9.17) is 4.98 Å². The van der Waals surface area contributed by atoms with Crippen LogP contribution in [-0.4, -0.2) is 65.0 Å². The standard InChI is InChI=1S/C26H32N6O2S/c1-27-24(33)20-8-7-18(14-28-20)31-12-9-17(10-13-31)32-11-3-4-16(15-32)23-29-25(34)22-19-5-2-6-21(19)35-26(22)30-23/h7-8,14,16-17H,2-6,9-13,15H2,1H3,(H,27,33)(H,29,30,34). The van der Waals surface area contributed by atoms with Crippen LogP contribution in [0.5, 0.6) is 0 Å². The fourth-order valence-electron chi connectivity index (χ4n) is 6.10. The van der Waals surface area contributed by atoms with E-state index in [0.717, 1.165) is 92.9 Å². The van der Waals surface area contributed by atoms with Gasteiger partial charge >= 0.3 is 0 Å². The molecular formula is C26H32N6O2S. The third-order valence-corrected chi connectivity index (χ3v) is 9.17. The second kappa shape index (κ2) is 9.35. The van der Waals surface area contributed by atoms with Gasteiger partial charge in [0.25, 0.3) is 11.5 Å². The maximum Gasteiger partial charge on any atom is 0.269 e. The van der Waals surface area contributed by atoms with Crippen molar-refractivity contribution in [3.63, 3.8) is 0 Å². The lowest BCUT2D eigenvalue weighted by Crippen LogP contribution is -2.48. The Morgan fingerprint density at radius 1 is 1.14 bits per heavy atom. The molecule has 2 aliphatic heterocycles. The third-order valence-electron chi connectivity index (χ3n) is 7.99. The molecule has 1 amide bonds. The number of hydrogen-bond acceptors (Lipinski definition) is 7. The summed E-state index contributed by atoms with van der Waals surface area (Å²) >= 11 is 1.73. The lowest BCUT2D eigenvalue weighted by molar-refractivity contribution is 0.0958. The van der Waals surface area contributed by atoms with Gasteiger partial charge in [-0.3, -0.25) is 14.5 Å². The normalized spacial score (nSPS) is 21.4. The predicted molar refractivity (Wildman–Crippen MR) is 139 cm³/mol. The molecule has 2 saturated heterocycles. The first kappa shape index (κ1) is 22.7. The van der Waals surface area contributed by atoms with Crippen molar-refractivity contribution in [1.29, 1.82) is 0 Å². The molecule has 35 heavy (non-hydrogen) atoms. The average molecular weight is 493 g/mol. The van der Waals surface area contributed by atoms with E-state index in [1.165, 1.54) is 10.4 Å². The summed E-state index contributed by atoms with van der Waals surface area (Å²) in [5.41, 5.74) is 2.83. The lowest BCUT2D eigenvalue weighted by atomic mass is 9.93. The molecule has 3 aromatic rings. The minimum atomic E-state index is -0.159. The molecule has 0 aromatic carbocycles. The molecule has 8 nitrogen and oxygen atoms in total. The Morgan fingerprint density at radius 3 is 2.77 bits per heavy atom. The summed E-state index contributed by atoms with van der Waals surface area (Å²) in [7, 11) is 1.62. The second-order valence-electron chi connectivity index (χ2n) is 10.0. The van der Waals surface area contributed by atoms with E-state index in [1.54, 1.807) is 30.6 Å². The van der Waals surface area contributed by atoms with E-state index in [0.29, 0.717) is 11.7 Å². The number of aromatic amines is 1. The van der Waals surface area contributed by atoms with Crippen LogP contribution < -0.4 is 15.8 Å². The number of likely N-dealkylation sites (tertiary alicyclic amines) is 1. The highest BCUT2D eigenvalue weighted by molar-refractivity contribution is 7.18. The van der Waals surface area contributed by atoms with Gasteiger partial charge in [-0.25, -0.2) is 9.97 Å². The number of aryl methyl sites for hydroxylation is 2. The van der Waals surface area contributed by atoms with Gasteiger partial charge in [-0.05, 0) is 69.2 Å². The minimum Gasteiger partial charge on any atom is -0.370 e. The average Bonchev–Trinajstić information content (AvgIpc) is 3.50. The maximum absolute atomic E-state index is 13.0. The van der Waals surface area contributed by atoms with E-state index in [9.17, 15) is 9.59 Å². The summed E-state index contributed by atoms with van der Waals surface area (Å²) in [6.45, 7) is 4.04. The first-order valence-electron chi connectivity index (χ1n) is 12.8. The number of fused-ring (bicyclic) bond motifs is 3. The van der Waals surface area contributed by atoms with Gasteiger partial charge in [-0.1, -0.05) is 0 Å². The summed E-state index contributed by atoms with van der Waals surface area (Å²) in [6, 6.07) is 4.34. The monoisotopic (exact) mass is 492 g/mol. The van der Waals surface area contributed by atoms with Crippen molar-refractivity contribution in [2.45, 2.75) is 56.9 Å². The smallest absolute Gasteiger partial charge is 0.269 e. The number of H-pyrrole nitrogens is 1. The first-order chi connectivity index (χ1) is 17.1. The van der Waals surface area contributed by atoms with Gasteiger partial charge in [0.2, 0.25) is 0 Å². The number of carbonyl (C=O) groups is 1. The van der Waals surface area contributed by atoms with Crippen molar-refractivity contribution in [2.75, 3.05) is 38.1 Å². The highest BCUT2D eigenvalue weighted by atomic mass is 32.1. The van der Waals surface area contributed by atoms with E-state index in [-0.39, 0.29) is 17.4 Å². The quantitative estimate of drug-likeness (QED) is 0.581. The molecule has 2 N–H and O–H groups in total. The van der Waals surface area contributed by atoms with Crippen LogP contribution in [0, 0.1) is 0 Å². The SMILES string of the molecule is CNC(=O)c1ccc(N2CCC(N3CCCC(c4nc5sc6c(c5c(=O)[nH]4)CCC6)C3)CC2)cn1. The number of pyridine rings is 1. The Hall–Kier alpha value is -2.78. The van der Waals surface area contributed by atoms with Crippen LogP contribution in [0.25, 0.3) is 10.2 Å². The zero-order valence-corrected chi connectivity index (χ0v) is 21.0. The summed E-state index contributed by atoms with van der Waals surface area (Å²) in [4.78, 5) is 44.5. The molecule has 9 heteroatoms. The van der Waals surface area contributed by atoms with Crippen molar-refractivity contribution < 1.29 is 4.79 Å². The maximum atomic E-state index is 13.0. The molecule has 3 aromatic heterocycles. The number of piperidine rings is 2. The van der Waals surface area contributed by atoms with Gasteiger partial charge in [0, 0.05) is 43.5 Å². The minimum absolute atomic E-state index is 0.0610. The number of nitrogens with one attached hydrogen (secondary N) is 2. The van der Waals surface area contributed by atoms with E-state index < -0.39 is 0 Å². The molecule has 3 aliphatic rings. The molecule has 0 radical (unpaired) electrons. The first-order valence-corrected chi connectivity index (χ1v) is 13.6. The van der Waals surface area contributed by atoms with Crippen LogP contribution >= 0.6 is 11.3 Å². The van der Waals surface area contributed by atoms with Crippen LogP contribution in [0.2, 0.25) is 0 Å². The van der Waals surface area contributed by atoms with Gasteiger partial charge in [0.05, 0.1) is 17.3 Å². The van der Waals surface area contributed by atoms with E-state index in [1.807, 2.05) is 6.07 Å². The number of carbonyl (C=O) groups excluding carboxylic acids is 1. The van der Waals surface area contributed by atoms with Crippen molar-refractivity contribution in [3.8, 4) is 0 Å². The highest BCUT2D eigenvalue weighted by Crippen LogP contribution is 2.36.